The molecule has 0 saturated heterocycles. The van der Waals surface area contributed by atoms with Crippen LogP contribution in [0, 0.1) is 0 Å². The Kier molecular flexibility index (Phi) is 3.21. The number of allylic oxidation sites excluding steroid dienone is 1. The van der Waals surface area contributed by atoms with Crippen LogP contribution in [-0.2, 0) is 11.2 Å². The number of nitrogens with one attached hydrogen (secondary N) is 2. The van der Waals surface area contributed by atoms with Gasteiger partial charge in [-0.1, -0.05) is 12.8 Å². The molecule has 24 heavy (non-hydrogen) atoms. The molecule has 2 bridgehead atoms. The van der Waals surface area contributed by atoms with Crippen LogP contribution in [-0.4, -0.2) is 15.7 Å². The number of hydrogen-bond donors (Lipinski definition) is 2. The lowest BCUT2D eigenvalue weighted by atomic mass is 9.99. The summed E-state index contributed by atoms with van der Waals surface area (Å²) >= 11 is 0. The summed E-state index contributed by atoms with van der Waals surface area (Å²) in [7, 11) is 0. The molecule has 2 aliphatic heterocycles. The Hall–Kier alpha value is -2.49. The van der Waals surface area contributed by atoms with Gasteiger partial charge >= 0.3 is 0 Å². The molecule has 0 spiro atoms. The van der Waals surface area contributed by atoms with Gasteiger partial charge in [-0.2, -0.15) is 0 Å². The molecular formula is C20H21N3O. The fourth-order valence-electron chi connectivity index (χ4n) is 3.87. The molecular weight excluding hydrogens is 298 g/mol. The highest BCUT2D eigenvalue weighted by molar-refractivity contribution is 6.11. The van der Waals surface area contributed by atoms with E-state index in [9.17, 15) is 0 Å². The maximum Gasteiger partial charge on any atom is 0.148 e. The zero-order chi connectivity index (χ0) is 15.9. The van der Waals surface area contributed by atoms with Crippen LogP contribution >= 0.6 is 0 Å². The maximum absolute atomic E-state index is 6.42. The van der Waals surface area contributed by atoms with Crippen LogP contribution < -0.4 is 0 Å². The van der Waals surface area contributed by atoms with Crippen molar-refractivity contribution in [2.75, 3.05) is 0 Å². The fourth-order valence-corrected chi connectivity index (χ4v) is 3.87. The molecule has 1 aliphatic carbocycles. The van der Waals surface area contributed by atoms with Crippen LogP contribution in [0.3, 0.4) is 0 Å². The minimum Gasteiger partial charge on any atom is -0.483 e. The third-order valence-electron chi connectivity index (χ3n) is 5.13. The Bertz CT molecular complexity index is 852. The van der Waals surface area contributed by atoms with Crippen LogP contribution in [0.1, 0.15) is 60.9 Å². The van der Waals surface area contributed by atoms with E-state index < -0.39 is 0 Å². The summed E-state index contributed by atoms with van der Waals surface area (Å²) in [5, 5.41) is 0. The summed E-state index contributed by atoms with van der Waals surface area (Å²) in [5.41, 5.74) is 6.69. The number of aromatic amines is 2. The van der Waals surface area contributed by atoms with E-state index >= 15 is 0 Å². The van der Waals surface area contributed by atoms with Crippen molar-refractivity contribution >= 4 is 11.8 Å². The highest BCUT2D eigenvalue weighted by atomic mass is 16.5. The van der Waals surface area contributed by atoms with Gasteiger partial charge in [0, 0.05) is 29.2 Å². The SMILES string of the molecule is C1=C2N=C(c3ccc[nH]3)C=C2OC2CCCCCCc3cc2c1[nH]3. The minimum absolute atomic E-state index is 0.126. The van der Waals surface area contributed by atoms with E-state index in [0.717, 1.165) is 35.7 Å². The Balaban J connectivity index is 1.58. The number of nitrogens with zero attached hydrogens (tertiary/aromatic N) is 1. The average molecular weight is 319 g/mol. The Morgan fingerprint density at radius 2 is 2.08 bits per heavy atom. The first-order valence-electron chi connectivity index (χ1n) is 8.91. The second kappa shape index (κ2) is 5.55. The summed E-state index contributed by atoms with van der Waals surface area (Å²) in [6, 6.07) is 6.34. The first-order chi connectivity index (χ1) is 11.9. The molecule has 0 saturated carbocycles. The highest BCUT2D eigenvalue weighted by Gasteiger charge is 2.28. The van der Waals surface area contributed by atoms with E-state index in [2.05, 4.69) is 28.2 Å². The van der Waals surface area contributed by atoms with E-state index in [1.54, 1.807) is 0 Å². The van der Waals surface area contributed by atoms with Crippen LogP contribution in [0.15, 0.2) is 46.9 Å². The molecule has 4 heteroatoms. The van der Waals surface area contributed by atoms with Crippen molar-refractivity contribution in [1.82, 2.24) is 9.97 Å². The lowest BCUT2D eigenvalue weighted by molar-refractivity contribution is 0.114. The van der Waals surface area contributed by atoms with E-state index in [4.69, 9.17) is 9.73 Å². The summed E-state index contributed by atoms with van der Waals surface area (Å²) in [5.74, 6) is 0.896. The molecule has 3 aliphatic rings. The van der Waals surface area contributed by atoms with Crippen molar-refractivity contribution in [2.45, 2.75) is 44.6 Å². The lowest BCUT2D eigenvalue weighted by Gasteiger charge is -2.18. The third kappa shape index (κ3) is 2.33. The quantitative estimate of drug-likeness (QED) is 0.790. The van der Waals surface area contributed by atoms with Crippen molar-refractivity contribution in [3.8, 4) is 0 Å². The molecule has 122 valence electrons. The number of aryl methyl sites for hydroxylation is 1. The molecule has 4 nitrogen and oxygen atoms in total. The molecule has 0 fully saturated rings. The van der Waals surface area contributed by atoms with E-state index in [0.29, 0.717) is 0 Å². The van der Waals surface area contributed by atoms with Gasteiger partial charge in [0.25, 0.3) is 0 Å². The van der Waals surface area contributed by atoms with Gasteiger partial charge in [-0.3, -0.25) is 0 Å². The zero-order valence-corrected chi connectivity index (χ0v) is 13.6. The van der Waals surface area contributed by atoms with E-state index in [-0.39, 0.29) is 6.10 Å². The Morgan fingerprint density at radius 1 is 1.12 bits per heavy atom. The molecule has 2 aromatic rings. The van der Waals surface area contributed by atoms with Crippen LogP contribution in [0.4, 0.5) is 0 Å². The number of fused-ring (bicyclic) bond motifs is 2. The molecule has 0 radical (unpaired) electrons. The van der Waals surface area contributed by atoms with Gasteiger partial charge < -0.3 is 14.7 Å². The Morgan fingerprint density at radius 3 is 3.00 bits per heavy atom. The molecule has 1 unspecified atom stereocenters. The molecule has 1 atom stereocenters. The number of aliphatic imine (C=N–C) groups is 1. The van der Waals surface area contributed by atoms with Gasteiger partial charge in [-0.05, 0) is 50.0 Å². The second-order valence-corrected chi connectivity index (χ2v) is 6.84. The van der Waals surface area contributed by atoms with Gasteiger partial charge in [0.05, 0.1) is 11.4 Å². The number of aromatic nitrogens is 2. The number of hydrogen-bond acceptors (Lipinski definition) is 2. The number of ether oxygens (including phenoxy) is 1. The predicted octanol–water partition coefficient (Wildman–Crippen LogP) is 4.65. The average Bonchev–Trinajstić information content (AvgIpc) is 3.30. The summed E-state index contributed by atoms with van der Waals surface area (Å²) in [6.45, 7) is 0. The van der Waals surface area contributed by atoms with Gasteiger partial charge in [0.2, 0.25) is 0 Å². The highest BCUT2D eigenvalue weighted by Crippen LogP contribution is 2.39. The second-order valence-electron chi connectivity index (χ2n) is 6.84. The van der Waals surface area contributed by atoms with Gasteiger partial charge in [0.1, 0.15) is 17.6 Å². The molecule has 5 rings (SSSR count). The van der Waals surface area contributed by atoms with Crippen molar-refractivity contribution in [3.05, 3.63) is 64.6 Å². The molecule has 2 N–H and O–H groups in total. The van der Waals surface area contributed by atoms with Gasteiger partial charge in [-0.25, -0.2) is 4.99 Å². The summed E-state index contributed by atoms with van der Waals surface area (Å²) in [6.07, 6.45) is 13.5. The molecule has 0 amide bonds. The first-order valence-corrected chi connectivity index (χ1v) is 8.91. The third-order valence-corrected chi connectivity index (χ3v) is 5.13. The maximum atomic E-state index is 6.42. The lowest BCUT2D eigenvalue weighted by Crippen LogP contribution is -2.04. The molecule has 0 aromatic carbocycles. The van der Waals surface area contributed by atoms with Crippen LogP contribution in [0.2, 0.25) is 0 Å². The topological polar surface area (TPSA) is 53.2 Å². The van der Waals surface area contributed by atoms with Crippen molar-refractivity contribution in [3.63, 3.8) is 0 Å². The zero-order valence-electron chi connectivity index (χ0n) is 13.6. The van der Waals surface area contributed by atoms with Crippen LogP contribution in [0.25, 0.3) is 6.08 Å². The normalized spacial score (nSPS) is 22.7. The minimum atomic E-state index is 0.126. The molecule has 4 heterocycles. The Labute approximate surface area is 141 Å². The van der Waals surface area contributed by atoms with E-state index in [1.165, 1.54) is 42.6 Å². The molecule has 2 aromatic heterocycles. The smallest absolute Gasteiger partial charge is 0.148 e. The standard InChI is InChI=1S/C20H21N3O/c1-2-4-8-19-14-10-13(6-3-1)22-16(14)11-18-20(24-19)12-17(23-18)15-7-5-9-21-15/h5,7,9-12,19,21-22H,1-4,6,8H2. The number of H-pyrrole nitrogens is 2. The predicted molar refractivity (Wildman–Crippen MR) is 94.8 cm³/mol. The monoisotopic (exact) mass is 319 g/mol. The number of rotatable bonds is 1. The largest absolute Gasteiger partial charge is 0.483 e. The van der Waals surface area contributed by atoms with Crippen LogP contribution in [0.5, 0.6) is 0 Å². The van der Waals surface area contributed by atoms with Gasteiger partial charge in [-0.15, -0.1) is 0 Å². The summed E-state index contributed by atoms with van der Waals surface area (Å²) in [4.78, 5) is 11.6. The van der Waals surface area contributed by atoms with Crippen molar-refractivity contribution in [2.24, 2.45) is 4.99 Å². The van der Waals surface area contributed by atoms with Gasteiger partial charge in [0.15, 0.2) is 0 Å². The first kappa shape index (κ1) is 13.9. The van der Waals surface area contributed by atoms with Crippen molar-refractivity contribution < 1.29 is 4.74 Å². The van der Waals surface area contributed by atoms with E-state index in [1.807, 2.05) is 18.3 Å². The fraction of sp³-hybridized carbons (Fsp3) is 0.350. The summed E-state index contributed by atoms with van der Waals surface area (Å²) < 4.78 is 6.42. The van der Waals surface area contributed by atoms with Crippen molar-refractivity contribution in [1.29, 1.82) is 0 Å².